The van der Waals surface area contributed by atoms with Gasteiger partial charge in [0.2, 0.25) is 11.7 Å². The molecule has 32 heavy (non-hydrogen) atoms. The van der Waals surface area contributed by atoms with Gasteiger partial charge in [0.15, 0.2) is 11.9 Å². The molecule has 1 heterocycles. The van der Waals surface area contributed by atoms with Crippen LogP contribution in [0.2, 0.25) is 0 Å². The van der Waals surface area contributed by atoms with Crippen molar-refractivity contribution in [3.05, 3.63) is 82.6 Å². The third-order valence-corrected chi connectivity index (χ3v) is 5.46. The van der Waals surface area contributed by atoms with E-state index < -0.39 is 12.1 Å². The number of thioether (sulfide) groups is 1. The fourth-order valence-corrected chi connectivity index (χ4v) is 3.47. The lowest BCUT2D eigenvalue weighted by Crippen LogP contribution is -2.22. The molecule has 0 saturated heterocycles. The van der Waals surface area contributed by atoms with E-state index in [1.54, 1.807) is 37.3 Å². The molecule has 0 aliphatic carbocycles. The Labute approximate surface area is 190 Å². The molecule has 0 fully saturated rings. The molecule has 3 aromatic rings. The molecule has 0 bridgehead atoms. The highest BCUT2D eigenvalue weighted by atomic mass is 32.2. The molecule has 166 valence electrons. The van der Waals surface area contributed by atoms with Crippen LogP contribution in [0.4, 0.5) is 5.82 Å². The van der Waals surface area contributed by atoms with Gasteiger partial charge in [-0.3, -0.25) is 14.4 Å². The number of hydrogen-bond acceptors (Lipinski definition) is 7. The van der Waals surface area contributed by atoms with Crippen LogP contribution in [0.3, 0.4) is 0 Å². The maximum Gasteiger partial charge on any atom is 0.316 e. The quantitative estimate of drug-likeness (QED) is 0.378. The minimum atomic E-state index is -1.06. The van der Waals surface area contributed by atoms with Crippen LogP contribution < -0.4 is 5.32 Å². The summed E-state index contributed by atoms with van der Waals surface area (Å²) in [5.41, 5.74) is 3.12. The molecule has 3 rings (SSSR count). The Morgan fingerprint density at radius 2 is 1.59 bits per heavy atom. The first kappa shape index (κ1) is 23.3. The number of carbonyl (C=O) groups excluding carboxylic acids is 3. The van der Waals surface area contributed by atoms with Crippen LogP contribution in [-0.2, 0) is 14.3 Å². The van der Waals surface area contributed by atoms with Gasteiger partial charge in [-0.05, 0) is 20.8 Å². The first-order valence-electron chi connectivity index (χ1n) is 9.99. The minimum Gasteiger partial charge on any atom is -0.448 e. The molecule has 1 aromatic heterocycles. The van der Waals surface area contributed by atoms with Gasteiger partial charge in [-0.15, -0.1) is 11.8 Å². The van der Waals surface area contributed by atoms with E-state index in [2.05, 4.69) is 10.5 Å². The summed E-state index contributed by atoms with van der Waals surface area (Å²) in [6.07, 6.45) is -1.06. The van der Waals surface area contributed by atoms with Gasteiger partial charge in [-0.1, -0.05) is 64.8 Å². The maximum absolute atomic E-state index is 13.1. The fourth-order valence-electron chi connectivity index (χ4n) is 2.88. The number of nitrogens with zero attached hydrogens (tertiary/aromatic N) is 1. The average molecular weight is 453 g/mol. The van der Waals surface area contributed by atoms with Crippen LogP contribution in [-0.4, -0.2) is 34.3 Å². The number of nitrogens with one attached hydrogen (secondary N) is 1. The van der Waals surface area contributed by atoms with E-state index in [-0.39, 0.29) is 23.2 Å². The van der Waals surface area contributed by atoms with E-state index >= 15 is 0 Å². The SMILES string of the molecule is Cc1ccc(C(=O)C(OC(=O)CSCC(=O)Nc2cc(C)on2)c2ccc(C)cc2)cc1. The van der Waals surface area contributed by atoms with Gasteiger partial charge in [0, 0.05) is 17.2 Å². The Morgan fingerprint density at radius 3 is 2.19 bits per heavy atom. The summed E-state index contributed by atoms with van der Waals surface area (Å²) < 4.78 is 10.4. The molecule has 7 nitrogen and oxygen atoms in total. The van der Waals surface area contributed by atoms with Gasteiger partial charge in [0.1, 0.15) is 5.76 Å². The first-order chi connectivity index (χ1) is 15.3. The van der Waals surface area contributed by atoms with E-state index in [0.29, 0.717) is 22.7 Å². The molecule has 8 heteroatoms. The van der Waals surface area contributed by atoms with Crippen molar-refractivity contribution in [2.45, 2.75) is 26.9 Å². The average Bonchev–Trinajstić information content (AvgIpc) is 3.17. The first-order valence-corrected chi connectivity index (χ1v) is 11.1. The molecule has 1 amide bonds. The van der Waals surface area contributed by atoms with Crippen molar-refractivity contribution in [2.24, 2.45) is 0 Å². The zero-order chi connectivity index (χ0) is 23.1. The molecule has 1 N–H and O–H groups in total. The number of aromatic nitrogens is 1. The van der Waals surface area contributed by atoms with E-state index in [1.165, 1.54) is 0 Å². The summed E-state index contributed by atoms with van der Waals surface area (Å²) in [6, 6.07) is 16.0. The molecular formula is C24H24N2O5S. The zero-order valence-electron chi connectivity index (χ0n) is 18.1. The standard InChI is InChI=1S/C24H24N2O5S/c1-15-4-8-18(9-5-15)23(29)24(19-10-6-16(2)7-11-19)30-22(28)14-32-13-21(27)25-20-12-17(3)31-26-20/h4-12,24H,13-14H2,1-3H3,(H,25,26,27). The number of amides is 1. The molecule has 1 unspecified atom stereocenters. The predicted molar refractivity (Wildman–Crippen MR) is 123 cm³/mol. The van der Waals surface area contributed by atoms with Crippen LogP contribution in [0.5, 0.6) is 0 Å². The molecule has 0 saturated carbocycles. The fraction of sp³-hybridized carbons (Fsp3) is 0.250. The lowest BCUT2D eigenvalue weighted by Gasteiger charge is -2.18. The highest BCUT2D eigenvalue weighted by Crippen LogP contribution is 2.24. The van der Waals surface area contributed by atoms with Crippen LogP contribution >= 0.6 is 11.8 Å². The number of esters is 1. The van der Waals surface area contributed by atoms with Gasteiger partial charge >= 0.3 is 5.97 Å². The van der Waals surface area contributed by atoms with Crippen LogP contribution in [0.25, 0.3) is 0 Å². The summed E-state index contributed by atoms with van der Waals surface area (Å²) in [4.78, 5) is 37.6. The highest BCUT2D eigenvalue weighted by molar-refractivity contribution is 8.00. The number of aryl methyl sites for hydroxylation is 3. The highest BCUT2D eigenvalue weighted by Gasteiger charge is 2.26. The largest absolute Gasteiger partial charge is 0.448 e. The van der Waals surface area contributed by atoms with Crippen molar-refractivity contribution in [1.29, 1.82) is 0 Å². The number of carbonyl (C=O) groups is 3. The zero-order valence-corrected chi connectivity index (χ0v) is 18.9. The molecule has 0 radical (unpaired) electrons. The predicted octanol–water partition coefficient (Wildman–Crippen LogP) is 4.44. The van der Waals surface area contributed by atoms with Crippen molar-refractivity contribution in [3.63, 3.8) is 0 Å². The van der Waals surface area contributed by atoms with Crippen molar-refractivity contribution >= 4 is 35.2 Å². The number of benzene rings is 2. The van der Waals surface area contributed by atoms with Gasteiger partial charge in [-0.25, -0.2) is 0 Å². The maximum atomic E-state index is 13.1. The van der Waals surface area contributed by atoms with Crippen LogP contribution in [0.15, 0.2) is 59.1 Å². The molecule has 0 aliphatic heterocycles. The number of ether oxygens (including phenoxy) is 1. The lowest BCUT2D eigenvalue weighted by atomic mass is 9.98. The molecule has 1 atom stereocenters. The van der Waals surface area contributed by atoms with Gasteiger partial charge in [0.05, 0.1) is 11.5 Å². The van der Waals surface area contributed by atoms with Gasteiger partial charge in [-0.2, -0.15) is 0 Å². The van der Waals surface area contributed by atoms with E-state index in [0.717, 1.165) is 22.9 Å². The second-order valence-corrected chi connectivity index (χ2v) is 8.36. The monoisotopic (exact) mass is 452 g/mol. The minimum absolute atomic E-state index is 0.0299. The second-order valence-electron chi connectivity index (χ2n) is 7.37. The normalized spacial score (nSPS) is 11.6. The van der Waals surface area contributed by atoms with Crippen LogP contribution in [0.1, 0.15) is 38.9 Å². The number of anilines is 1. The van der Waals surface area contributed by atoms with Gasteiger partial charge in [0.25, 0.3) is 0 Å². The van der Waals surface area contributed by atoms with E-state index in [9.17, 15) is 14.4 Å². The Morgan fingerprint density at radius 1 is 0.969 bits per heavy atom. The summed E-state index contributed by atoms with van der Waals surface area (Å²) in [5.74, 6) is -0.341. The molecule has 0 spiro atoms. The Hall–Kier alpha value is -3.39. The van der Waals surface area contributed by atoms with Crippen molar-refractivity contribution in [2.75, 3.05) is 16.8 Å². The topological polar surface area (TPSA) is 98.5 Å². The summed E-state index contributed by atoms with van der Waals surface area (Å²) in [7, 11) is 0. The number of Topliss-reactive ketones (excluding diaryl/α,β-unsaturated/α-hetero) is 1. The lowest BCUT2D eigenvalue weighted by molar-refractivity contribution is -0.144. The Bertz CT molecular complexity index is 1090. The van der Waals surface area contributed by atoms with Crippen LogP contribution in [0, 0.1) is 20.8 Å². The number of ketones is 1. The molecule has 0 aliphatic rings. The smallest absolute Gasteiger partial charge is 0.316 e. The summed E-state index contributed by atoms with van der Waals surface area (Å²) in [5, 5.41) is 6.27. The molecular weight excluding hydrogens is 428 g/mol. The third kappa shape index (κ3) is 6.55. The van der Waals surface area contributed by atoms with Gasteiger partial charge < -0.3 is 14.6 Å². The van der Waals surface area contributed by atoms with Crippen molar-refractivity contribution < 1.29 is 23.6 Å². The van der Waals surface area contributed by atoms with E-state index in [1.807, 2.05) is 38.1 Å². The third-order valence-electron chi connectivity index (χ3n) is 4.55. The molecule has 2 aromatic carbocycles. The summed E-state index contributed by atoms with van der Waals surface area (Å²) >= 11 is 1.09. The van der Waals surface area contributed by atoms with E-state index in [4.69, 9.17) is 9.26 Å². The number of hydrogen-bond donors (Lipinski definition) is 1. The number of rotatable bonds is 9. The second kappa shape index (κ2) is 10.8. The van der Waals surface area contributed by atoms with Crippen molar-refractivity contribution in [1.82, 2.24) is 5.16 Å². The summed E-state index contributed by atoms with van der Waals surface area (Å²) in [6.45, 7) is 5.59. The Kier molecular flexibility index (Phi) is 7.83. The Balaban J connectivity index is 1.61. The van der Waals surface area contributed by atoms with Crippen molar-refractivity contribution in [3.8, 4) is 0 Å².